The Hall–Kier alpha value is -1.85. The molecule has 1 fully saturated rings. The SMILES string of the molecule is CN1CCN(c2ncc[nH]c2=O)CC1=O. The van der Waals surface area contributed by atoms with Crippen molar-refractivity contribution in [1.82, 2.24) is 14.9 Å². The minimum Gasteiger partial charge on any atom is -0.342 e. The van der Waals surface area contributed by atoms with E-state index >= 15 is 0 Å². The predicted molar refractivity (Wildman–Crippen MR) is 54.7 cm³/mol. The highest BCUT2D eigenvalue weighted by atomic mass is 16.2. The van der Waals surface area contributed by atoms with Gasteiger partial charge in [-0.15, -0.1) is 0 Å². The summed E-state index contributed by atoms with van der Waals surface area (Å²) in [6, 6.07) is 0. The molecule has 6 heteroatoms. The first-order chi connectivity index (χ1) is 7.18. The molecule has 0 saturated carbocycles. The van der Waals surface area contributed by atoms with Crippen LogP contribution in [0.1, 0.15) is 0 Å². The van der Waals surface area contributed by atoms with Crippen LogP contribution in [0.2, 0.25) is 0 Å². The van der Waals surface area contributed by atoms with Gasteiger partial charge in [0.2, 0.25) is 5.91 Å². The number of H-pyrrole nitrogens is 1. The van der Waals surface area contributed by atoms with Gasteiger partial charge in [-0.3, -0.25) is 9.59 Å². The number of hydrogen-bond acceptors (Lipinski definition) is 4. The molecule has 1 aliphatic rings. The molecule has 0 atom stereocenters. The average molecular weight is 208 g/mol. The standard InChI is InChI=1S/C9H12N4O2/c1-12-4-5-13(6-7(12)14)8-9(15)11-3-2-10-8/h2-3H,4-6H2,1H3,(H,11,15). The molecule has 1 N–H and O–H groups in total. The van der Waals surface area contributed by atoms with E-state index in [1.54, 1.807) is 16.8 Å². The highest BCUT2D eigenvalue weighted by molar-refractivity contribution is 5.82. The second-order valence-electron chi connectivity index (χ2n) is 3.48. The molecule has 0 bridgehead atoms. The minimum absolute atomic E-state index is 0.00584. The van der Waals surface area contributed by atoms with E-state index in [0.717, 1.165) is 0 Å². The van der Waals surface area contributed by atoms with Crippen LogP contribution in [0.4, 0.5) is 5.82 Å². The monoisotopic (exact) mass is 208 g/mol. The van der Waals surface area contributed by atoms with Gasteiger partial charge < -0.3 is 14.8 Å². The summed E-state index contributed by atoms with van der Waals surface area (Å²) in [7, 11) is 1.75. The molecule has 0 aromatic carbocycles. The lowest BCUT2D eigenvalue weighted by atomic mass is 10.3. The molecule has 15 heavy (non-hydrogen) atoms. The first-order valence-corrected chi connectivity index (χ1v) is 4.71. The summed E-state index contributed by atoms with van der Waals surface area (Å²) in [6.45, 7) is 1.48. The van der Waals surface area contributed by atoms with Crippen molar-refractivity contribution in [3.05, 3.63) is 22.7 Å². The number of carbonyl (C=O) groups excluding carboxylic acids is 1. The largest absolute Gasteiger partial charge is 0.342 e. The van der Waals surface area contributed by atoms with Gasteiger partial charge in [0.15, 0.2) is 5.82 Å². The molecule has 0 unspecified atom stereocenters. The topological polar surface area (TPSA) is 69.3 Å². The lowest BCUT2D eigenvalue weighted by Crippen LogP contribution is -2.50. The van der Waals surface area contributed by atoms with Crippen LogP contribution in [0.3, 0.4) is 0 Å². The number of likely N-dealkylation sites (N-methyl/N-ethyl adjacent to an activating group) is 1. The Balaban J connectivity index is 2.23. The molecule has 0 spiro atoms. The van der Waals surface area contributed by atoms with Crippen LogP contribution < -0.4 is 10.5 Å². The van der Waals surface area contributed by atoms with E-state index in [4.69, 9.17) is 0 Å². The fourth-order valence-electron chi connectivity index (χ4n) is 1.51. The van der Waals surface area contributed by atoms with E-state index in [1.807, 2.05) is 0 Å². The number of anilines is 1. The second-order valence-corrected chi connectivity index (χ2v) is 3.48. The number of aromatic nitrogens is 2. The molecule has 1 aliphatic heterocycles. The summed E-state index contributed by atoms with van der Waals surface area (Å²) < 4.78 is 0. The average Bonchev–Trinajstić information content (AvgIpc) is 2.23. The van der Waals surface area contributed by atoms with Gasteiger partial charge in [0.25, 0.3) is 5.56 Å². The van der Waals surface area contributed by atoms with Gasteiger partial charge in [-0.25, -0.2) is 4.98 Å². The smallest absolute Gasteiger partial charge is 0.290 e. The number of aromatic amines is 1. The zero-order valence-electron chi connectivity index (χ0n) is 8.43. The maximum Gasteiger partial charge on any atom is 0.290 e. The van der Waals surface area contributed by atoms with Crippen molar-refractivity contribution in [1.29, 1.82) is 0 Å². The molecule has 1 aromatic heterocycles. The third kappa shape index (κ3) is 1.83. The summed E-state index contributed by atoms with van der Waals surface area (Å²) in [5.74, 6) is 0.324. The van der Waals surface area contributed by atoms with Crippen molar-refractivity contribution in [2.45, 2.75) is 0 Å². The van der Waals surface area contributed by atoms with Gasteiger partial charge in [-0.05, 0) is 0 Å². The van der Waals surface area contributed by atoms with Gasteiger partial charge in [0.1, 0.15) is 0 Å². The van der Waals surface area contributed by atoms with Crippen molar-refractivity contribution in [2.24, 2.45) is 0 Å². The Bertz CT molecular complexity index is 428. The van der Waals surface area contributed by atoms with Crippen LogP contribution in [0.15, 0.2) is 17.2 Å². The Morgan fingerprint density at radius 1 is 1.40 bits per heavy atom. The molecule has 6 nitrogen and oxygen atoms in total. The van der Waals surface area contributed by atoms with Crippen molar-refractivity contribution in [2.75, 3.05) is 31.6 Å². The second kappa shape index (κ2) is 3.72. The third-order valence-corrected chi connectivity index (χ3v) is 2.45. The number of amides is 1. The Morgan fingerprint density at radius 2 is 2.20 bits per heavy atom. The molecule has 1 saturated heterocycles. The number of piperazine rings is 1. The first kappa shape index (κ1) is 9.70. The van der Waals surface area contributed by atoms with Crippen molar-refractivity contribution in [3.8, 4) is 0 Å². The summed E-state index contributed by atoms with van der Waals surface area (Å²) in [5, 5.41) is 0. The van der Waals surface area contributed by atoms with E-state index in [2.05, 4.69) is 9.97 Å². The maximum atomic E-state index is 11.4. The van der Waals surface area contributed by atoms with Crippen LogP contribution in [0.5, 0.6) is 0 Å². The van der Waals surface area contributed by atoms with Gasteiger partial charge in [0.05, 0.1) is 6.54 Å². The summed E-state index contributed by atoms with van der Waals surface area (Å²) in [5.41, 5.74) is -0.255. The van der Waals surface area contributed by atoms with Gasteiger partial charge in [-0.2, -0.15) is 0 Å². The highest BCUT2D eigenvalue weighted by Crippen LogP contribution is 2.07. The number of nitrogens with one attached hydrogen (secondary N) is 1. The molecule has 0 aliphatic carbocycles. The molecule has 0 radical (unpaired) electrons. The molecular weight excluding hydrogens is 196 g/mol. The van der Waals surface area contributed by atoms with Crippen LogP contribution in [-0.4, -0.2) is 47.5 Å². The third-order valence-electron chi connectivity index (χ3n) is 2.45. The van der Waals surface area contributed by atoms with Crippen molar-refractivity contribution < 1.29 is 4.79 Å². The van der Waals surface area contributed by atoms with E-state index in [9.17, 15) is 9.59 Å². The van der Waals surface area contributed by atoms with Crippen LogP contribution in [-0.2, 0) is 4.79 Å². The molecule has 80 valence electrons. The van der Waals surface area contributed by atoms with Crippen molar-refractivity contribution >= 4 is 11.7 Å². The van der Waals surface area contributed by atoms with E-state index in [0.29, 0.717) is 18.9 Å². The minimum atomic E-state index is -0.255. The number of nitrogens with zero attached hydrogens (tertiary/aromatic N) is 3. The predicted octanol–water partition coefficient (Wildman–Crippen LogP) is -0.952. The number of carbonyl (C=O) groups is 1. The zero-order chi connectivity index (χ0) is 10.8. The van der Waals surface area contributed by atoms with E-state index in [1.165, 1.54) is 12.4 Å². The summed E-state index contributed by atoms with van der Waals surface area (Å²) in [6.07, 6.45) is 2.99. The Kier molecular flexibility index (Phi) is 2.40. The molecule has 2 rings (SSSR count). The highest BCUT2D eigenvalue weighted by Gasteiger charge is 2.23. The first-order valence-electron chi connectivity index (χ1n) is 4.71. The molecule has 1 aromatic rings. The lowest BCUT2D eigenvalue weighted by Gasteiger charge is -2.31. The van der Waals surface area contributed by atoms with E-state index in [-0.39, 0.29) is 18.0 Å². The Morgan fingerprint density at radius 3 is 2.87 bits per heavy atom. The maximum absolute atomic E-state index is 11.4. The van der Waals surface area contributed by atoms with E-state index < -0.39 is 0 Å². The van der Waals surface area contributed by atoms with Crippen LogP contribution >= 0.6 is 0 Å². The number of hydrogen-bond donors (Lipinski definition) is 1. The van der Waals surface area contributed by atoms with Crippen LogP contribution in [0, 0.1) is 0 Å². The summed E-state index contributed by atoms with van der Waals surface area (Å²) >= 11 is 0. The summed E-state index contributed by atoms with van der Waals surface area (Å²) in [4.78, 5) is 32.7. The normalized spacial score (nSPS) is 17.0. The molecule has 1 amide bonds. The Labute approximate surface area is 86.5 Å². The van der Waals surface area contributed by atoms with Gasteiger partial charge in [-0.1, -0.05) is 0 Å². The van der Waals surface area contributed by atoms with Gasteiger partial charge in [0, 0.05) is 32.5 Å². The quantitative estimate of drug-likeness (QED) is 0.646. The van der Waals surface area contributed by atoms with Crippen molar-refractivity contribution in [3.63, 3.8) is 0 Å². The van der Waals surface area contributed by atoms with Crippen LogP contribution in [0.25, 0.3) is 0 Å². The number of rotatable bonds is 1. The fourth-order valence-corrected chi connectivity index (χ4v) is 1.51. The molecule has 2 heterocycles. The lowest BCUT2D eigenvalue weighted by molar-refractivity contribution is -0.129. The zero-order valence-corrected chi connectivity index (χ0v) is 8.43. The fraction of sp³-hybridized carbons (Fsp3) is 0.444. The van der Waals surface area contributed by atoms with Gasteiger partial charge >= 0.3 is 0 Å². The molecular formula is C9H12N4O2.